The van der Waals surface area contributed by atoms with Crippen LogP contribution in [0, 0.1) is 0 Å². The number of aliphatic hydroxyl groups is 1. The van der Waals surface area contributed by atoms with E-state index in [1.807, 2.05) is 13.8 Å². The molecule has 2 heterocycles. The smallest absolute Gasteiger partial charge is 0.276 e. The maximum Gasteiger partial charge on any atom is 0.276 e. The molecule has 0 bridgehead atoms. The zero-order chi connectivity index (χ0) is 12.6. The van der Waals surface area contributed by atoms with Crippen LogP contribution in [0.5, 0.6) is 0 Å². The Bertz CT molecular complexity index is 427. The minimum Gasteiger partial charge on any atom is -0.395 e. The average molecular weight is 238 g/mol. The van der Waals surface area contributed by atoms with Crippen molar-refractivity contribution >= 4 is 11.6 Å². The molecule has 0 aromatic carbocycles. The highest BCUT2D eigenvalue weighted by Crippen LogP contribution is 2.24. The van der Waals surface area contributed by atoms with E-state index in [1.54, 1.807) is 4.90 Å². The molecule has 1 fully saturated rings. The summed E-state index contributed by atoms with van der Waals surface area (Å²) in [6.07, 6.45) is 0.191. The summed E-state index contributed by atoms with van der Waals surface area (Å²) < 4.78 is 0. The van der Waals surface area contributed by atoms with Crippen molar-refractivity contribution in [2.45, 2.75) is 32.3 Å². The molecule has 0 radical (unpaired) electrons. The number of amides is 1. The van der Waals surface area contributed by atoms with Crippen molar-refractivity contribution in [2.75, 3.05) is 18.8 Å². The van der Waals surface area contributed by atoms with Crippen molar-refractivity contribution in [2.24, 2.45) is 0 Å². The molecule has 1 unspecified atom stereocenters. The Morgan fingerprint density at radius 3 is 2.82 bits per heavy atom. The summed E-state index contributed by atoms with van der Waals surface area (Å²) in [5, 5.41) is 16.2. The zero-order valence-electron chi connectivity index (χ0n) is 10.1. The van der Waals surface area contributed by atoms with Crippen LogP contribution in [0.2, 0.25) is 0 Å². The highest BCUT2D eigenvalue weighted by atomic mass is 16.3. The van der Waals surface area contributed by atoms with Crippen molar-refractivity contribution in [3.05, 3.63) is 11.4 Å². The molecule has 6 nitrogen and oxygen atoms in total. The number of likely N-dealkylation sites (tertiary alicyclic amines) is 1. The van der Waals surface area contributed by atoms with Crippen LogP contribution in [-0.4, -0.2) is 45.3 Å². The first-order valence-corrected chi connectivity index (χ1v) is 5.81. The number of nitrogens with two attached hydrogens (primary N) is 1. The molecule has 0 spiro atoms. The van der Waals surface area contributed by atoms with Crippen LogP contribution in [0.15, 0.2) is 0 Å². The van der Waals surface area contributed by atoms with E-state index in [0.717, 1.165) is 5.69 Å². The van der Waals surface area contributed by atoms with Crippen LogP contribution < -0.4 is 5.73 Å². The van der Waals surface area contributed by atoms with Crippen LogP contribution in [0.1, 0.15) is 42.4 Å². The molecule has 1 aromatic heterocycles. The van der Waals surface area contributed by atoms with Gasteiger partial charge in [-0.05, 0) is 12.3 Å². The van der Waals surface area contributed by atoms with E-state index >= 15 is 0 Å². The Morgan fingerprint density at radius 2 is 2.35 bits per heavy atom. The predicted molar refractivity (Wildman–Crippen MR) is 63.6 cm³/mol. The number of anilines is 1. The third-order valence-electron chi connectivity index (χ3n) is 3.06. The number of aromatic amines is 1. The summed E-state index contributed by atoms with van der Waals surface area (Å²) in [5.41, 5.74) is 7.38. The lowest BCUT2D eigenvalue weighted by Crippen LogP contribution is -2.30. The summed E-state index contributed by atoms with van der Waals surface area (Å²) in [6.45, 7) is 4.89. The fraction of sp³-hybridized carbons (Fsp3) is 0.636. The summed E-state index contributed by atoms with van der Waals surface area (Å²) >= 11 is 0. The number of rotatable bonds is 2. The highest BCUT2D eigenvalue weighted by Gasteiger charge is 2.29. The van der Waals surface area contributed by atoms with Crippen LogP contribution in [0.25, 0.3) is 0 Å². The van der Waals surface area contributed by atoms with Gasteiger partial charge < -0.3 is 15.7 Å². The molecule has 2 rings (SSSR count). The number of aromatic nitrogens is 2. The van der Waals surface area contributed by atoms with E-state index in [1.165, 1.54) is 0 Å². The predicted octanol–water partition coefficient (Wildman–Crippen LogP) is 0.322. The Morgan fingerprint density at radius 1 is 1.65 bits per heavy atom. The van der Waals surface area contributed by atoms with Crippen molar-refractivity contribution in [3.8, 4) is 0 Å². The van der Waals surface area contributed by atoms with Gasteiger partial charge in [0.15, 0.2) is 5.69 Å². The summed E-state index contributed by atoms with van der Waals surface area (Å²) in [4.78, 5) is 13.7. The Balaban J connectivity index is 2.20. The minimum absolute atomic E-state index is 0.202. The summed E-state index contributed by atoms with van der Waals surface area (Å²) in [7, 11) is 0. The second-order valence-electron chi connectivity index (χ2n) is 4.75. The fourth-order valence-corrected chi connectivity index (χ4v) is 2.04. The molecule has 4 N–H and O–H groups in total. The number of carbonyl (C=O) groups is 1. The fourth-order valence-electron chi connectivity index (χ4n) is 2.04. The maximum atomic E-state index is 12.1. The Kier molecular flexibility index (Phi) is 3.06. The lowest BCUT2D eigenvalue weighted by molar-refractivity contribution is 0.0760. The third kappa shape index (κ3) is 2.12. The summed E-state index contributed by atoms with van der Waals surface area (Å²) in [5.74, 6) is -0.00424. The minimum atomic E-state index is -0.427. The van der Waals surface area contributed by atoms with Crippen molar-refractivity contribution in [3.63, 3.8) is 0 Å². The number of aliphatic hydroxyl groups excluding tert-OH is 1. The van der Waals surface area contributed by atoms with Gasteiger partial charge in [-0.3, -0.25) is 9.89 Å². The Hall–Kier alpha value is -1.56. The average Bonchev–Trinajstić information content (AvgIpc) is 2.83. The molecule has 1 aromatic rings. The van der Waals surface area contributed by atoms with Gasteiger partial charge in [-0.25, -0.2) is 0 Å². The molecule has 1 saturated heterocycles. The molecule has 17 heavy (non-hydrogen) atoms. The number of nitrogen functional groups attached to an aromatic ring is 1. The molecular weight excluding hydrogens is 220 g/mol. The number of hydrogen-bond acceptors (Lipinski definition) is 4. The highest BCUT2D eigenvalue weighted by molar-refractivity contribution is 5.97. The number of H-pyrrole nitrogens is 1. The van der Waals surface area contributed by atoms with Gasteiger partial charge in [0.25, 0.3) is 5.91 Å². The van der Waals surface area contributed by atoms with Crippen LogP contribution >= 0.6 is 0 Å². The molecular formula is C11H18N4O2. The normalized spacial score (nSPS) is 20.2. The van der Waals surface area contributed by atoms with Gasteiger partial charge in [-0.2, -0.15) is 5.10 Å². The van der Waals surface area contributed by atoms with Crippen LogP contribution in [0.4, 0.5) is 5.69 Å². The zero-order valence-corrected chi connectivity index (χ0v) is 10.1. The SMILES string of the molecule is CC(C)c1[nH]nc(C(=O)N2CCC(O)C2)c1N. The lowest BCUT2D eigenvalue weighted by Gasteiger charge is -2.14. The first-order chi connectivity index (χ1) is 8.00. The summed E-state index contributed by atoms with van der Waals surface area (Å²) in [6, 6.07) is 0. The van der Waals surface area contributed by atoms with Gasteiger partial charge in [0, 0.05) is 13.1 Å². The Labute approximate surface area is 99.8 Å². The number of carbonyl (C=O) groups excluding carboxylic acids is 1. The molecule has 6 heteroatoms. The lowest BCUT2D eigenvalue weighted by atomic mass is 10.1. The second kappa shape index (κ2) is 4.37. The van der Waals surface area contributed by atoms with E-state index < -0.39 is 6.10 Å². The van der Waals surface area contributed by atoms with Gasteiger partial charge >= 0.3 is 0 Å². The van der Waals surface area contributed by atoms with Gasteiger partial charge in [0.05, 0.1) is 17.5 Å². The topological polar surface area (TPSA) is 95.2 Å². The maximum absolute atomic E-state index is 12.1. The largest absolute Gasteiger partial charge is 0.395 e. The van der Waals surface area contributed by atoms with Crippen LogP contribution in [0.3, 0.4) is 0 Å². The molecule has 1 amide bonds. The van der Waals surface area contributed by atoms with Gasteiger partial charge in [0.2, 0.25) is 0 Å². The molecule has 1 aliphatic rings. The van der Waals surface area contributed by atoms with Crippen molar-refractivity contribution in [1.82, 2.24) is 15.1 Å². The van der Waals surface area contributed by atoms with Gasteiger partial charge in [-0.15, -0.1) is 0 Å². The van der Waals surface area contributed by atoms with E-state index in [0.29, 0.717) is 25.2 Å². The number of β-amino-alcohol motifs (C(OH)–C–C–N with tert-alkyl or cyclic N) is 1. The number of hydrogen-bond donors (Lipinski definition) is 3. The van der Waals surface area contributed by atoms with E-state index in [2.05, 4.69) is 10.2 Å². The van der Waals surface area contributed by atoms with Crippen molar-refractivity contribution in [1.29, 1.82) is 0 Å². The molecule has 1 aliphatic heterocycles. The van der Waals surface area contributed by atoms with Gasteiger partial charge in [-0.1, -0.05) is 13.8 Å². The standard InChI is InChI=1S/C11H18N4O2/c1-6(2)9-8(12)10(14-13-9)11(17)15-4-3-7(16)5-15/h6-7,16H,3-5,12H2,1-2H3,(H,13,14). The molecule has 94 valence electrons. The third-order valence-corrected chi connectivity index (χ3v) is 3.06. The van der Waals surface area contributed by atoms with Crippen LogP contribution in [-0.2, 0) is 0 Å². The van der Waals surface area contributed by atoms with E-state index in [9.17, 15) is 9.90 Å². The van der Waals surface area contributed by atoms with E-state index in [-0.39, 0.29) is 17.5 Å². The molecule has 0 aliphatic carbocycles. The van der Waals surface area contributed by atoms with E-state index in [4.69, 9.17) is 5.73 Å². The van der Waals surface area contributed by atoms with Gasteiger partial charge in [0.1, 0.15) is 0 Å². The number of nitrogens with one attached hydrogen (secondary N) is 1. The first kappa shape index (κ1) is 11.9. The van der Waals surface area contributed by atoms with Crippen molar-refractivity contribution < 1.29 is 9.90 Å². The second-order valence-corrected chi connectivity index (χ2v) is 4.75. The number of nitrogens with zero attached hydrogens (tertiary/aromatic N) is 2. The molecule has 1 atom stereocenters. The molecule has 0 saturated carbocycles. The monoisotopic (exact) mass is 238 g/mol. The quantitative estimate of drug-likeness (QED) is 0.691. The first-order valence-electron chi connectivity index (χ1n) is 5.81.